The molecule has 7 aromatic rings. The van der Waals surface area contributed by atoms with Crippen LogP contribution in [0.25, 0.3) is 11.1 Å². The van der Waals surface area contributed by atoms with Gasteiger partial charge >= 0.3 is 0 Å². The van der Waals surface area contributed by atoms with Gasteiger partial charge in [0.2, 0.25) is 0 Å². The maximum Gasteiger partial charge on any atom is 0.252 e. The molecule has 64 heavy (non-hydrogen) atoms. The second-order valence-electron chi connectivity index (χ2n) is 22.0. The van der Waals surface area contributed by atoms with Crippen molar-refractivity contribution < 1.29 is 0 Å². The van der Waals surface area contributed by atoms with Crippen molar-refractivity contribution in [1.29, 1.82) is 0 Å². The first kappa shape index (κ1) is 40.8. The molecule has 4 heteroatoms. The Balaban J connectivity index is 1.29. The zero-order chi connectivity index (χ0) is 44.5. The summed E-state index contributed by atoms with van der Waals surface area (Å²) in [5.74, 6) is 0. The summed E-state index contributed by atoms with van der Waals surface area (Å²) >= 11 is 0. The summed E-state index contributed by atoms with van der Waals surface area (Å²) in [5.41, 5.74) is 23.4. The van der Waals surface area contributed by atoms with E-state index in [9.17, 15) is 0 Å². The van der Waals surface area contributed by atoms with Crippen LogP contribution in [0.2, 0.25) is 0 Å². The maximum absolute atomic E-state index is 2.88. The van der Waals surface area contributed by atoms with E-state index in [1.807, 2.05) is 0 Å². The Labute approximate surface area is 382 Å². The second kappa shape index (κ2) is 14.3. The van der Waals surface area contributed by atoms with Gasteiger partial charge in [0.25, 0.3) is 6.71 Å². The third-order valence-corrected chi connectivity index (χ3v) is 15.8. The van der Waals surface area contributed by atoms with Crippen LogP contribution in [0.5, 0.6) is 0 Å². The van der Waals surface area contributed by atoms with Crippen molar-refractivity contribution in [1.82, 2.24) is 0 Å². The molecular weight excluding hydrogens is 773 g/mol. The fourth-order valence-corrected chi connectivity index (χ4v) is 12.1. The minimum atomic E-state index is -0.126. The van der Waals surface area contributed by atoms with Crippen LogP contribution in [-0.4, -0.2) is 12.3 Å². The quantitative estimate of drug-likeness (QED) is 0.160. The van der Waals surface area contributed by atoms with E-state index in [1.165, 1.54) is 120 Å². The third-order valence-electron chi connectivity index (χ3n) is 15.8. The van der Waals surface area contributed by atoms with Crippen LogP contribution < -0.4 is 31.1 Å². The first-order valence-electron chi connectivity index (χ1n) is 23.8. The van der Waals surface area contributed by atoms with Gasteiger partial charge in [-0.1, -0.05) is 146 Å². The predicted molar refractivity (Wildman–Crippen MR) is 276 cm³/mol. The number of nitrogens with zero attached hydrogens (tertiary/aromatic N) is 3. The normalized spacial score (nSPS) is 19.5. The van der Waals surface area contributed by atoms with Gasteiger partial charge < -0.3 is 14.7 Å². The Bertz CT molecular complexity index is 2940. The molecule has 0 bridgehead atoms. The lowest BCUT2D eigenvalue weighted by Gasteiger charge is -2.53. The second-order valence-corrected chi connectivity index (χ2v) is 22.0. The molecule has 1 aliphatic carbocycles. The summed E-state index contributed by atoms with van der Waals surface area (Å²) in [4.78, 5) is 8.01. The lowest BCUT2D eigenvalue weighted by molar-refractivity contribution is 0.195. The van der Waals surface area contributed by atoms with E-state index in [0.717, 1.165) is 6.42 Å². The van der Waals surface area contributed by atoms with Gasteiger partial charge in [0.05, 0.1) is 11.2 Å². The molecule has 1 fully saturated rings. The molecule has 2 atom stereocenters. The van der Waals surface area contributed by atoms with Crippen LogP contribution in [0.4, 0.5) is 45.5 Å². The van der Waals surface area contributed by atoms with Gasteiger partial charge in [-0.2, -0.15) is 0 Å². The van der Waals surface area contributed by atoms with Crippen LogP contribution in [0.3, 0.4) is 0 Å². The fraction of sp³-hybridized carbons (Fsp3) is 0.300. The summed E-state index contributed by atoms with van der Waals surface area (Å²) < 4.78 is 0. The fourth-order valence-electron chi connectivity index (χ4n) is 12.1. The Kier molecular flexibility index (Phi) is 9.08. The van der Waals surface area contributed by atoms with E-state index in [2.05, 4.69) is 230 Å². The predicted octanol–water partition coefficient (Wildman–Crippen LogP) is 14.4. The number of fused-ring (bicyclic) bond motifs is 7. The van der Waals surface area contributed by atoms with E-state index >= 15 is 0 Å². The average molecular weight is 836 g/mol. The van der Waals surface area contributed by atoms with Gasteiger partial charge in [-0.05, 0) is 160 Å². The molecule has 0 spiro atoms. The number of hydrogen-bond acceptors (Lipinski definition) is 3. The molecule has 320 valence electrons. The highest BCUT2D eigenvalue weighted by molar-refractivity contribution is 7.00. The molecule has 0 aromatic heterocycles. The van der Waals surface area contributed by atoms with Crippen LogP contribution in [0.15, 0.2) is 146 Å². The third kappa shape index (κ3) is 6.08. The Morgan fingerprint density at radius 1 is 0.531 bits per heavy atom. The van der Waals surface area contributed by atoms with Crippen molar-refractivity contribution >= 4 is 68.6 Å². The van der Waals surface area contributed by atoms with Crippen LogP contribution >= 0.6 is 0 Å². The zero-order valence-corrected chi connectivity index (χ0v) is 39.6. The van der Waals surface area contributed by atoms with Crippen molar-refractivity contribution in [2.45, 2.75) is 117 Å². The van der Waals surface area contributed by atoms with E-state index in [4.69, 9.17) is 0 Å². The maximum atomic E-state index is 2.88. The smallest absolute Gasteiger partial charge is 0.252 e. The van der Waals surface area contributed by atoms with Gasteiger partial charge in [0.15, 0.2) is 0 Å². The largest absolute Gasteiger partial charge is 0.335 e. The molecule has 2 unspecified atom stereocenters. The molecule has 4 aliphatic rings. The molecule has 7 aromatic carbocycles. The summed E-state index contributed by atoms with van der Waals surface area (Å²) in [5, 5.41) is 0. The summed E-state index contributed by atoms with van der Waals surface area (Å²) in [6.07, 6.45) is 4.79. The molecule has 3 aliphatic heterocycles. The minimum Gasteiger partial charge on any atom is -0.335 e. The van der Waals surface area contributed by atoms with E-state index in [0.29, 0.717) is 0 Å². The van der Waals surface area contributed by atoms with Crippen molar-refractivity contribution in [2.75, 3.05) is 14.7 Å². The molecular formula is C60H62BN3. The number of hydrogen-bond donors (Lipinski definition) is 0. The van der Waals surface area contributed by atoms with Crippen LogP contribution in [-0.2, 0) is 16.2 Å². The highest BCUT2D eigenvalue weighted by Crippen LogP contribution is 2.63. The molecule has 0 amide bonds. The highest BCUT2D eigenvalue weighted by atomic mass is 15.3. The van der Waals surface area contributed by atoms with Crippen molar-refractivity contribution in [3.05, 3.63) is 173 Å². The number of anilines is 8. The van der Waals surface area contributed by atoms with Crippen molar-refractivity contribution in [3.63, 3.8) is 0 Å². The summed E-state index contributed by atoms with van der Waals surface area (Å²) in [7, 11) is 0. The van der Waals surface area contributed by atoms with Gasteiger partial charge in [0, 0.05) is 45.2 Å². The topological polar surface area (TPSA) is 9.72 Å². The van der Waals surface area contributed by atoms with Gasteiger partial charge in [-0.15, -0.1) is 0 Å². The average Bonchev–Trinajstić information content (AvgIpc) is 3.48. The highest BCUT2D eigenvalue weighted by Gasteiger charge is 2.61. The van der Waals surface area contributed by atoms with E-state index < -0.39 is 0 Å². The van der Waals surface area contributed by atoms with Crippen molar-refractivity contribution in [3.8, 4) is 11.1 Å². The van der Waals surface area contributed by atoms with Crippen LogP contribution in [0.1, 0.15) is 109 Å². The molecule has 1 saturated carbocycles. The molecule has 3 heterocycles. The standard InChI is InChI=1S/C60H62BN3/c1-39-18-16-22-46(32-39)62(47-23-17-19-40(2)33-47)48-37-53-55-54(38-48)64-56-49(59(9)30-14-15-31-60(59,64)10)34-42(41-20-12-11-13-21-41)35-51(56)61(55)50-36-44(58(6,7)8)26-29-52(50)63(53)45-27-24-43(25-28-45)57(3,4)5/h11-13,16-29,32-38H,14-15,30-31H2,1-10H3. The first-order valence-corrected chi connectivity index (χ1v) is 23.8. The number of aryl methyl sites for hydroxylation is 2. The van der Waals surface area contributed by atoms with Crippen LogP contribution in [0, 0.1) is 13.8 Å². The monoisotopic (exact) mass is 836 g/mol. The molecule has 0 N–H and O–H groups in total. The minimum absolute atomic E-state index is 0.0201. The molecule has 11 rings (SSSR count). The van der Waals surface area contributed by atoms with Gasteiger partial charge in [-0.25, -0.2) is 0 Å². The van der Waals surface area contributed by atoms with Crippen molar-refractivity contribution in [2.24, 2.45) is 0 Å². The first-order chi connectivity index (χ1) is 30.5. The molecule has 0 saturated heterocycles. The van der Waals surface area contributed by atoms with E-state index in [-0.39, 0.29) is 28.5 Å². The number of benzene rings is 7. The summed E-state index contributed by atoms with van der Waals surface area (Å²) in [6, 6.07) is 56.4. The zero-order valence-electron chi connectivity index (χ0n) is 39.6. The lowest BCUT2D eigenvalue weighted by atomic mass is 9.33. The molecule has 3 nitrogen and oxygen atoms in total. The number of rotatable bonds is 5. The Morgan fingerprint density at radius 2 is 1.16 bits per heavy atom. The van der Waals surface area contributed by atoms with E-state index in [1.54, 1.807) is 0 Å². The summed E-state index contributed by atoms with van der Waals surface area (Å²) in [6.45, 7) is 23.7. The Hall–Kier alpha value is -6.00. The molecule has 0 radical (unpaired) electrons. The Morgan fingerprint density at radius 3 is 1.80 bits per heavy atom. The SMILES string of the molecule is Cc1cccc(N(c2cccc(C)c2)c2cc3c4c(c2)N2c5c(cc(-c6ccccc6)cc5C5(C)CCCCC25C)B4c2cc(C(C)(C)C)ccc2N3c2ccc(C(C)(C)C)cc2)c1. The van der Waals surface area contributed by atoms with Gasteiger partial charge in [0.1, 0.15) is 0 Å². The lowest BCUT2D eigenvalue weighted by Crippen LogP contribution is -2.64. The van der Waals surface area contributed by atoms with Gasteiger partial charge in [-0.3, -0.25) is 0 Å².